The Morgan fingerprint density at radius 1 is 1.56 bits per heavy atom. The van der Waals surface area contributed by atoms with E-state index in [-0.39, 0.29) is 6.04 Å². The van der Waals surface area contributed by atoms with Crippen molar-refractivity contribution in [3.8, 4) is 0 Å². The van der Waals surface area contributed by atoms with Crippen molar-refractivity contribution in [1.82, 2.24) is 10.3 Å². The molecule has 1 saturated heterocycles. The molecule has 0 amide bonds. The largest absolute Gasteiger partial charge is 0.376 e. The molecule has 1 fully saturated rings. The third-order valence-corrected chi connectivity index (χ3v) is 4.23. The van der Waals surface area contributed by atoms with E-state index in [2.05, 4.69) is 31.1 Å². The maximum Gasteiger partial charge on any atom is 0.113 e. The third kappa shape index (κ3) is 2.44. The summed E-state index contributed by atoms with van der Waals surface area (Å²) in [6, 6.07) is 0.282. The maximum atomic E-state index is 5.78. The summed E-state index contributed by atoms with van der Waals surface area (Å²) in [7, 11) is 0. The number of aryl methyl sites for hydroxylation is 2. The van der Waals surface area contributed by atoms with E-state index in [1.807, 2.05) is 0 Å². The minimum Gasteiger partial charge on any atom is -0.376 e. The molecule has 0 radical (unpaired) electrons. The van der Waals surface area contributed by atoms with E-state index in [4.69, 9.17) is 4.74 Å². The Morgan fingerprint density at radius 2 is 2.38 bits per heavy atom. The van der Waals surface area contributed by atoms with Gasteiger partial charge in [-0.2, -0.15) is 0 Å². The summed E-state index contributed by atoms with van der Waals surface area (Å²) in [4.78, 5) is 5.97. The van der Waals surface area contributed by atoms with Gasteiger partial charge in [0, 0.05) is 11.5 Å². The van der Waals surface area contributed by atoms with Crippen molar-refractivity contribution in [2.75, 3.05) is 13.2 Å². The second kappa shape index (κ2) is 5.25. The molecule has 0 bridgehead atoms. The smallest absolute Gasteiger partial charge is 0.113 e. The highest BCUT2D eigenvalue weighted by Gasteiger charge is 2.29. The number of hydrogen-bond donors (Lipinski definition) is 1. The number of nitrogens with zero attached hydrogens (tertiary/aromatic N) is 1. The first kappa shape index (κ1) is 12.0. The summed E-state index contributed by atoms with van der Waals surface area (Å²) < 4.78 is 5.78. The monoisotopic (exact) mass is 240 g/mol. The number of nitrogens with one attached hydrogen (secondary N) is 1. The Kier molecular flexibility index (Phi) is 3.95. The van der Waals surface area contributed by atoms with Gasteiger partial charge in [-0.25, -0.2) is 4.98 Å². The molecule has 0 spiro atoms. The molecule has 1 N–H and O–H groups in total. The molecular formula is C12H20N2OS. The van der Waals surface area contributed by atoms with Gasteiger partial charge in [-0.05, 0) is 33.2 Å². The molecule has 2 atom stereocenters. The van der Waals surface area contributed by atoms with E-state index in [1.54, 1.807) is 11.3 Å². The van der Waals surface area contributed by atoms with Crippen molar-refractivity contribution in [2.24, 2.45) is 0 Å². The first-order chi connectivity index (χ1) is 7.72. The molecule has 0 aromatic carbocycles. The summed E-state index contributed by atoms with van der Waals surface area (Å²) >= 11 is 1.80. The van der Waals surface area contributed by atoms with Crippen LogP contribution in [0, 0.1) is 13.8 Å². The molecular weight excluding hydrogens is 220 g/mol. The molecule has 3 nitrogen and oxygen atoms in total. The SMILES string of the molecule is CCNC(c1nc(C)c(C)s1)C1CCCO1. The van der Waals surface area contributed by atoms with E-state index in [0.717, 1.165) is 25.3 Å². The zero-order valence-electron chi connectivity index (χ0n) is 10.2. The molecule has 0 aliphatic carbocycles. The standard InChI is InChI=1S/C12H20N2OS/c1-4-13-11(10-6-5-7-15-10)12-14-8(2)9(3)16-12/h10-11,13H,4-7H2,1-3H3. The van der Waals surface area contributed by atoms with E-state index in [0.29, 0.717) is 6.10 Å². The summed E-state index contributed by atoms with van der Waals surface area (Å²) in [5.41, 5.74) is 1.15. The van der Waals surface area contributed by atoms with Crippen molar-refractivity contribution in [2.45, 2.75) is 45.8 Å². The minimum absolute atomic E-state index is 0.282. The highest BCUT2D eigenvalue weighted by molar-refractivity contribution is 7.11. The van der Waals surface area contributed by atoms with E-state index < -0.39 is 0 Å². The van der Waals surface area contributed by atoms with E-state index in [9.17, 15) is 0 Å². The molecule has 0 saturated carbocycles. The number of ether oxygens (including phenoxy) is 1. The van der Waals surface area contributed by atoms with Gasteiger partial charge in [-0.15, -0.1) is 11.3 Å². The zero-order chi connectivity index (χ0) is 11.5. The summed E-state index contributed by atoms with van der Waals surface area (Å²) in [5.74, 6) is 0. The van der Waals surface area contributed by atoms with Crippen LogP contribution in [-0.4, -0.2) is 24.2 Å². The van der Waals surface area contributed by atoms with Gasteiger partial charge in [0.05, 0.1) is 17.8 Å². The van der Waals surface area contributed by atoms with E-state index in [1.165, 1.54) is 16.3 Å². The summed E-state index contributed by atoms with van der Waals surface area (Å²) in [5, 5.41) is 4.69. The van der Waals surface area contributed by atoms with Crippen LogP contribution in [0.1, 0.15) is 41.4 Å². The second-order valence-corrected chi connectivity index (χ2v) is 5.52. The molecule has 1 aliphatic heterocycles. The van der Waals surface area contributed by atoms with Crippen molar-refractivity contribution < 1.29 is 4.74 Å². The predicted octanol–water partition coefficient (Wildman–Crippen LogP) is 2.59. The van der Waals surface area contributed by atoms with Gasteiger partial charge in [0.2, 0.25) is 0 Å². The molecule has 16 heavy (non-hydrogen) atoms. The second-order valence-electron chi connectivity index (χ2n) is 4.28. The fraction of sp³-hybridized carbons (Fsp3) is 0.750. The molecule has 2 rings (SSSR count). The first-order valence-electron chi connectivity index (χ1n) is 6.01. The van der Waals surface area contributed by atoms with Crippen LogP contribution in [0.25, 0.3) is 0 Å². The Labute approximate surface area is 101 Å². The summed E-state index contributed by atoms with van der Waals surface area (Å²) in [6.07, 6.45) is 2.63. The molecule has 1 aromatic rings. The molecule has 1 aliphatic rings. The van der Waals surface area contributed by atoms with Crippen LogP contribution in [0.4, 0.5) is 0 Å². The number of hydrogen-bond acceptors (Lipinski definition) is 4. The Morgan fingerprint density at radius 3 is 2.88 bits per heavy atom. The Balaban J connectivity index is 2.17. The third-order valence-electron chi connectivity index (χ3n) is 3.07. The fourth-order valence-corrected chi connectivity index (χ4v) is 3.15. The maximum absolute atomic E-state index is 5.78. The fourth-order valence-electron chi connectivity index (χ4n) is 2.09. The van der Waals surface area contributed by atoms with Crippen LogP contribution in [-0.2, 0) is 4.74 Å². The van der Waals surface area contributed by atoms with Gasteiger partial charge >= 0.3 is 0 Å². The Bertz CT molecular complexity index is 325. The summed E-state index contributed by atoms with van der Waals surface area (Å²) in [6.45, 7) is 8.20. The van der Waals surface area contributed by atoms with Crippen LogP contribution in [0.3, 0.4) is 0 Å². The highest BCUT2D eigenvalue weighted by atomic mass is 32.1. The highest BCUT2D eigenvalue weighted by Crippen LogP contribution is 2.30. The van der Waals surface area contributed by atoms with Crippen LogP contribution >= 0.6 is 11.3 Å². The van der Waals surface area contributed by atoms with Crippen molar-refractivity contribution in [3.05, 3.63) is 15.6 Å². The van der Waals surface area contributed by atoms with Crippen LogP contribution in [0.15, 0.2) is 0 Å². The van der Waals surface area contributed by atoms with Gasteiger partial charge in [0.15, 0.2) is 0 Å². The average Bonchev–Trinajstić information content (AvgIpc) is 2.86. The van der Waals surface area contributed by atoms with Gasteiger partial charge in [-0.1, -0.05) is 6.92 Å². The van der Waals surface area contributed by atoms with Crippen molar-refractivity contribution in [3.63, 3.8) is 0 Å². The van der Waals surface area contributed by atoms with Gasteiger partial charge in [-0.3, -0.25) is 0 Å². The molecule has 2 heterocycles. The number of aromatic nitrogens is 1. The topological polar surface area (TPSA) is 34.2 Å². The lowest BCUT2D eigenvalue weighted by molar-refractivity contribution is 0.0787. The normalized spacial score (nSPS) is 22.6. The van der Waals surface area contributed by atoms with E-state index >= 15 is 0 Å². The van der Waals surface area contributed by atoms with Crippen molar-refractivity contribution in [1.29, 1.82) is 0 Å². The van der Waals surface area contributed by atoms with Crippen LogP contribution in [0.5, 0.6) is 0 Å². The number of likely N-dealkylation sites (N-methyl/N-ethyl adjacent to an activating group) is 1. The lowest BCUT2D eigenvalue weighted by Crippen LogP contribution is -2.31. The van der Waals surface area contributed by atoms with Gasteiger partial charge in [0.1, 0.15) is 5.01 Å². The minimum atomic E-state index is 0.282. The quantitative estimate of drug-likeness (QED) is 0.878. The van der Waals surface area contributed by atoms with Gasteiger partial charge < -0.3 is 10.1 Å². The lowest BCUT2D eigenvalue weighted by Gasteiger charge is -2.21. The zero-order valence-corrected chi connectivity index (χ0v) is 11.1. The average molecular weight is 240 g/mol. The Hall–Kier alpha value is -0.450. The molecule has 2 unspecified atom stereocenters. The van der Waals surface area contributed by atoms with Crippen molar-refractivity contribution >= 4 is 11.3 Å². The molecule has 1 aromatic heterocycles. The molecule has 90 valence electrons. The van der Waals surface area contributed by atoms with Crippen LogP contribution in [0.2, 0.25) is 0 Å². The lowest BCUT2D eigenvalue weighted by atomic mass is 10.1. The molecule has 4 heteroatoms. The van der Waals surface area contributed by atoms with Gasteiger partial charge in [0.25, 0.3) is 0 Å². The predicted molar refractivity (Wildman–Crippen MR) is 67.0 cm³/mol. The number of rotatable bonds is 4. The van der Waals surface area contributed by atoms with Crippen LogP contribution < -0.4 is 5.32 Å². The number of thiazole rings is 1. The first-order valence-corrected chi connectivity index (χ1v) is 6.83.